The van der Waals surface area contributed by atoms with E-state index in [-0.39, 0.29) is 164 Å². The van der Waals surface area contributed by atoms with Crippen molar-refractivity contribution in [1.29, 1.82) is 0 Å². The van der Waals surface area contributed by atoms with E-state index in [1.165, 1.54) is 62.8 Å². The van der Waals surface area contributed by atoms with Crippen molar-refractivity contribution in [2.24, 2.45) is 20.5 Å². The van der Waals surface area contributed by atoms with E-state index in [1.54, 1.807) is 13.8 Å². The van der Waals surface area contributed by atoms with Gasteiger partial charge in [-0.3, -0.25) is 0 Å². The normalized spacial score (nSPS) is 11.9. The van der Waals surface area contributed by atoms with Crippen LogP contribution >= 0.6 is 0 Å². The number of benzene rings is 6. The number of aryl methyl sites for hydroxylation is 2. The van der Waals surface area contributed by atoms with Gasteiger partial charge < -0.3 is 38.3 Å². The summed E-state index contributed by atoms with van der Waals surface area (Å²) < 4.78 is 153. The number of rotatable bonds is 12. The van der Waals surface area contributed by atoms with Crippen LogP contribution in [0.25, 0.3) is 21.5 Å². The van der Waals surface area contributed by atoms with Gasteiger partial charge in [-0.15, -0.1) is 0 Å². The molecule has 0 saturated heterocycles. The maximum Gasteiger partial charge on any atom is 1.00 e. The summed E-state index contributed by atoms with van der Waals surface area (Å²) in [5, 5.41) is 20.8. The Labute approximate surface area is 446 Å². The average molecular weight is 985 g/mol. The first kappa shape index (κ1) is 58.9. The van der Waals surface area contributed by atoms with Crippen LogP contribution < -0.4 is 117 Å². The van der Waals surface area contributed by atoms with Gasteiger partial charge in [-0.05, 0) is 85.0 Å². The first-order chi connectivity index (χ1) is 28.9. The standard InChI is InChI=1S/C37H32N6O15S4.2Li.2Na/c1-19-10-30(32(57-3)17-28(19)42-40-22-9-8-21-12-24(59(45,46)47)16-36(26(21)13-22)62(54,55)56)38-37(44)39-31-11-20(2)29(18-33(31)58-4)43-41-23-14-27-25(35(15-23)61(51,52)53)6-5-7-34(27)60(48,49)50;;;;/h5-18H,1-4H3,(H2,38,39,44)(H,45,46,47)(H,48,49,50)(H,51,52,53)(H,54,55,56);;;;/q;4*+1/p-4. The van der Waals surface area contributed by atoms with Crippen LogP contribution in [0.2, 0.25) is 0 Å². The Morgan fingerprint density at radius 3 is 1.45 bits per heavy atom. The predicted octanol–water partition coefficient (Wildman–Crippen LogP) is -5.27. The quantitative estimate of drug-likeness (QED) is 0.0657. The molecule has 0 saturated carbocycles. The number of nitrogens with one attached hydrogen (secondary N) is 2. The minimum atomic E-state index is -5.22. The van der Waals surface area contributed by atoms with Gasteiger partial charge in [-0.1, -0.05) is 18.2 Å². The van der Waals surface area contributed by atoms with Crippen molar-refractivity contribution in [3.8, 4) is 11.5 Å². The molecule has 0 aromatic heterocycles. The average Bonchev–Trinajstić information content (AvgIpc) is 3.17. The van der Waals surface area contributed by atoms with Crippen molar-refractivity contribution in [3.05, 3.63) is 96.1 Å². The molecule has 29 heteroatoms. The molecule has 0 aliphatic rings. The number of anilines is 2. The fourth-order valence-corrected chi connectivity index (χ4v) is 8.81. The maximum absolute atomic E-state index is 13.3. The zero-order chi connectivity index (χ0) is 45.5. The summed E-state index contributed by atoms with van der Waals surface area (Å²) in [4.78, 5) is 9.84. The van der Waals surface area contributed by atoms with Gasteiger partial charge in [0.1, 0.15) is 52.0 Å². The number of carbonyl (C=O) groups excluding carboxylic acids is 1. The van der Waals surface area contributed by atoms with E-state index in [2.05, 4.69) is 31.1 Å². The molecule has 0 fully saturated rings. The topological polar surface area (TPSA) is 338 Å². The van der Waals surface area contributed by atoms with Crippen LogP contribution in [-0.4, -0.2) is 72.1 Å². The summed E-state index contributed by atoms with van der Waals surface area (Å²) in [6, 6.07) is 15.5. The second-order valence-corrected chi connectivity index (χ2v) is 18.5. The monoisotopic (exact) mass is 984 g/mol. The summed E-state index contributed by atoms with van der Waals surface area (Å²) in [6.07, 6.45) is 0. The maximum atomic E-state index is 13.3. The molecule has 6 aromatic carbocycles. The van der Waals surface area contributed by atoms with Gasteiger partial charge >= 0.3 is 103 Å². The van der Waals surface area contributed by atoms with Crippen molar-refractivity contribution < 1.29 is 163 Å². The zero-order valence-electron chi connectivity index (χ0n) is 36.1. The number of nitrogens with zero attached hydrogens (tertiary/aromatic N) is 4. The number of azo groups is 2. The van der Waals surface area contributed by atoms with E-state index in [0.29, 0.717) is 17.2 Å². The molecule has 2 N–H and O–H groups in total. The van der Waals surface area contributed by atoms with E-state index in [0.717, 1.165) is 30.3 Å². The Balaban J connectivity index is 0.00000374. The van der Waals surface area contributed by atoms with E-state index in [4.69, 9.17) is 9.47 Å². The second-order valence-electron chi connectivity index (χ2n) is 13.1. The molecule has 0 heterocycles. The second kappa shape index (κ2) is 22.9. The SMILES string of the molecule is COc1cc(N=Nc2ccc3cc(S(=O)(=O)[O-])cc(S(=O)(=O)[O-])c3c2)c(C)cc1NC(=O)Nc1cc(C)c(N=Nc2cc(S(=O)(=O)[O-])c3cccc(S(=O)(=O)[O-])c3c2)cc1OC.[Li+].[Li+].[Na+].[Na+]. The molecule has 0 spiro atoms. The molecule has 0 aliphatic heterocycles. The third-order valence-corrected chi connectivity index (χ3v) is 12.4. The van der Waals surface area contributed by atoms with Gasteiger partial charge in [0.05, 0.1) is 67.9 Å². The molecule has 66 heavy (non-hydrogen) atoms. The molecule has 6 rings (SSSR count). The van der Waals surface area contributed by atoms with Gasteiger partial charge in [-0.2, -0.15) is 20.5 Å². The number of fused-ring (bicyclic) bond motifs is 2. The number of amides is 2. The Bertz CT molecular complexity index is 3400. The van der Waals surface area contributed by atoms with Gasteiger partial charge in [0.25, 0.3) is 0 Å². The molecular formula is C37H28Li2N6Na2O15S4. The first-order valence-corrected chi connectivity index (χ1v) is 22.8. The minimum absolute atomic E-state index is 0. The van der Waals surface area contributed by atoms with E-state index in [1.807, 2.05) is 0 Å². The van der Waals surface area contributed by atoms with Crippen molar-refractivity contribution in [2.45, 2.75) is 33.4 Å². The number of urea groups is 1. The number of ether oxygens (including phenoxy) is 2. The van der Waals surface area contributed by atoms with Crippen molar-refractivity contribution in [2.75, 3.05) is 24.9 Å². The van der Waals surface area contributed by atoms with Crippen LogP contribution in [0.1, 0.15) is 11.1 Å². The van der Waals surface area contributed by atoms with Gasteiger partial charge in [0, 0.05) is 28.3 Å². The third-order valence-electron chi connectivity index (χ3n) is 8.95. The molecule has 0 radical (unpaired) electrons. The van der Waals surface area contributed by atoms with Crippen molar-refractivity contribution in [1.82, 2.24) is 0 Å². The molecule has 2 amide bonds. The summed E-state index contributed by atoms with van der Waals surface area (Å²) in [6.45, 7) is 3.22. The zero-order valence-corrected chi connectivity index (χ0v) is 43.4. The fourth-order valence-electron chi connectivity index (χ4n) is 6.09. The molecule has 0 bridgehead atoms. The summed E-state index contributed by atoms with van der Waals surface area (Å²) in [7, 11) is -18.0. The Morgan fingerprint density at radius 1 is 0.515 bits per heavy atom. The summed E-state index contributed by atoms with van der Waals surface area (Å²) in [5.74, 6) is 0.217. The Hall–Kier alpha value is -3.26. The van der Waals surface area contributed by atoms with Gasteiger partial charge in [0.2, 0.25) is 0 Å². The van der Waals surface area contributed by atoms with Crippen LogP contribution in [0.4, 0.5) is 38.9 Å². The summed E-state index contributed by atoms with van der Waals surface area (Å²) in [5.41, 5.74) is 1.40. The van der Waals surface area contributed by atoms with Gasteiger partial charge in [-0.25, -0.2) is 38.5 Å². The van der Waals surface area contributed by atoms with E-state index >= 15 is 0 Å². The third kappa shape index (κ3) is 13.7. The number of hydrogen-bond donors (Lipinski definition) is 2. The number of methoxy groups -OCH3 is 2. The molecule has 324 valence electrons. The van der Waals surface area contributed by atoms with Crippen LogP contribution in [-0.2, 0) is 40.5 Å². The van der Waals surface area contributed by atoms with Crippen LogP contribution in [0.5, 0.6) is 11.5 Å². The number of carbonyl (C=O) groups is 1. The Kier molecular flexibility index (Phi) is 20.4. The molecular weight excluding hydrogens is 957 g/mol. The Morgan fingerprint density at radius 2 is 0.985 bits per heavy atom. The molecule has 6 aromatic rings. The summed E-state index contributed by atoms with van der Waals surface area (Å²) >= 11 is 0. The van der Waals surface area contributed by atoms with Crippen molar-refractivity contribution in [3.63, 3.8) is 0 Å². The fraction of sp³-hybridized carbons (Fsp3) is 0.108. The van der Waals surface area contributed by atoms with Crippen LogP contribution in [0.3, 0.4) is 0 Å². The molecule has 21 nitrogen and oxygen atoms in total. The van der Waals surface area contributed by atoms with Crippen molar-refractivity contribution >= 4 is 102 Å². The molecule has 0 aliphatic carbocycles. The minimum Gasteiger partial charge on any atom is -0.744 e. The molecule has 0 unspecified atom stereocenters. The molecule has 0 atom stereocenters. The predicted molar refractivity (Wildman–Crippen MR) is 216 cm³/mol. The van der Waals surface area contributed by atoms with E-state index in [9.17, 15) is 56.7 Å². The smallest absolute Gasteiger partial charge is 0.744 e. The van der Waals surface area contributed by atoms with Crippen LogP contribution in [0, 0.1) is 13.8 Å². The van der Waals surface area contributed by atoms with Gasteiger partial charge in [0.15, 0.2) is 0 Å². The van der Waals surface area contributed by atoms with Crippen LogP contribution in [0.15, 0.2) is 125 Å². The number of hydrogen-bond acceptors (Lipinski definition) is 19. The van der Waals surface area contributed by atoms with E-state index < -0.39 is 66.1 Å². The first-order valence-electron chi connectivity index (χ1n) is 17.1. The largest absolute Gasteiger partial charge is 1.00 e.